The number of nitrogens with one attached hydrogen (secondary N) is 1. The van der Waals surface area contributed by atoms with Crippen molar-refractivity contribution in [3.8, 4) is 0 Å². The third kappa shape index (κ3) is 4.89. The monoisotopic (exact) mass is 446 g/mol. The number of anilines is 2. The Morgan fingerprint density at radius 1 is 1.29 bits per heavy atom. The van der Waals surface area contributed by atoms with Crippen LogP contribution in [0.2, 0.25) is 0 Å². The maximum atomic E-state index is 12.9. The lowest BCUT2D eigenvalue weighted by Crippen LogP contribution is -2.29. The molecule has 2 amide bonds. The van der Waals surface area contributed by atoms with Crippen LogP contribution >= 0.6 is 11.3 Å². The predicted molar refractivity (Wildman–Crippen MR) is 115 cm³/mol. The molecule has 3 N–H and O–H groups in total. The lowest BCUT2D eigenvalue weighted by molar-refractivity contribution is -0.117. The summed E-state index contributed by atoms with van der Waals surface area (Å²) in [5.74, 6) is -0.584. The molecule has 0 spiro atoms. The predicted octanol–water partition coefficient (Wildman–Crippen LogP) is 3.12. The molecule has 0 bridgehead atoms. The fourth-order valence-electron chi connectivity index (χ4n) is 3.11. The molecule has 164 valence electrons. The number of ketones is 1. The molecule has 0 unspecified atom stereocenters. The second kappa shape index (κ2) is 9.67. The maximum Gasteiger partial charge on any atom is 0.412 e. The Morgan fingerprint density at radius 2 is 2.06 bits per heavy atom. The van der Waals surface area contributed by atoms with E-state index in [2.05, 4.69) is 15.3 Å². The number of aromatic nitrogens is 2. The molecule has 31 heavy (non-hydrogen) atoms. The number of hydrogen-bond donors (Lipinski definition) is 3. The van der Waals surface area contributed by atoms with Gasteiger partial charge in [0, 0.05) is 31.0 Å². The highest BCUT2D eigenvalue weighted by Crippen LogP contribution is 2.37. The molecular formula is C20H22N4O6S. The fourth-order valence-corrected chi connectivity index (χ4v) is 4.11. The number of methoxy groups -OCH3 is 1. The highest BCUT2D eigenvalue weighted by molar-refractivity contribution is 7.16. The first-order chi connectivity index (χ1) is 14.8. The number of pyridine rings is 1. The zero-order valence-corrected chi connectivity index (χ0v) is 17.9. The van der Waals surface area contributed by atoms with E-state index < -0.39 is 6.09 Å². The van der Waals surface area contributed by atoms with Crippen molar-refractivity contribution in [1.29, 1.82) is 0 Å². The first-order valence-electron chi connectivity index (χ1n) is 9.57. The molecule has 0 aliphatic heterocycles. The number of carbonyl (C=O) groups excluding carboxylic acids is 2. The van der Waals surface area contributed by atoms with Crippen LogP contribution in [0.1, 0.15) is 40.7 Å². The lowest BCUT2D eigenvalue weighted by Gasteiger charge is -2.17. The van der Waals surface area contributed by atoms with Gasteiger partial charge in [-0.25, -0.2) is 14.8 Å². The summed E-state index contributed by atoms with van der Waals surface area (Å²) in [6, 6.07) is 2.94. The number of aliphatic hydroxyl groups is 1. The number of nitrogens with zero attached hydrogens (tertiary/aromatic N) is 3. The number of fused-ring (bicyclic) bond motifs is 1. The smallest absolute Gasteiger partial charge is 0.412 e. The van der Waals surface area contributed by atoms with Gasteiger partial charge in [0.2, 0.25) is 5.91 Å². The number of ether oxygens (including phenoxy) is 1. The number of hydrogen-bond acceptors (Lipinski definition) is 8. The molecule has 1 aliphatic carbocycles. The van der Waals surface area contributed by atoms with Gasteiger partial charge in [-0.1, -0.05) is 11.3 Å². The second-order valence-electron chi connectivity index (χ2n) is 6.67. The highest BCUT2D eigenvalue weighted by atomic mass is 32.1. The van der Waals surface area contributed by atoms with Crippen LogP contribution in [0.25, 0.3) is 5.76 Å². The largest absolute Gasteiger partial charge is 0.506 e. The van der Waals surface area contributed by atoms with Crippen molar-refractivity contribution < 1.29 is 29.3 Å². The number of thiazole rings is 1. The van der Waals surface area contributed by atoms with E-state index >= 15 is 0 Å². The standard InChI is InChI=1S/C20H22N4O6S/c1-3-24(20(28)29)14-7-4-11(10-21-14)16(26)12-5-6-13-18(17(12)27)31-19(22-13)23-15(25)8-9-30-2/h4,7,10,27H,3,5-6,8-9H2,1-2H3,(H,28,29)(H,22,23,25). The van der Waals surface area contributed by atoms with Gasteiger partial charge in [-0.3, -0.25) is 14.5 Å². The lowest BCUT2D eigenvalue weighted by atomic mass is 9.93. The van der Waals surface area contributed by atoms with Crippen molar-refractivity contribution in [2.45, 2.75) is 26.2 Å². The average molecular weight is 446 g/mol. The van der Waals surface area contributed by atoms with Crippen LogP contribution in [0.3, 0.4) is 0 Å². The van der Waals surface area contributed by atoms with Crippen LogP contribution in [-0.2, 0) is 16.0 Å². The quantitative estimate of drug-likeness (QED) is 0.525. The van der Waals surface area contributed by atoms with Gasteiger partial charge in [-0.2, -0.15) is 0 Å². The van der Waals surface area contributed by atoms with Crippen LogP contribution in [0.15, 0.2) is 23.9 Å². The Morgan fingerprint density at radius 3 is 2.68 bits per heavy atom. The number of rotatable bonds is 8. The molecule has 0 atom stereocenters. The molecule has 1 aliphatic rings. The topological polar surface area (TPSA) is 142 Å². The van der Waals surface area contributed by atoms with Crippen LogP contribution < -0.4 is 10.2 Å². The van der Waals surface area contributed by atoms with Gasteiger partial charge in [0.1, 0.15) is 11.6 Å². The summed E-state index contributed by atoms with van der Waals surface area (Å²) in [5.41, 5.74) is 1.09. The summed E-state index contributed by atoms with van der Waals surface area (Å²) >= 11 is 1.10. The van der Waals surface area contributed by atoms with E-state index in [-0.39, 0.29) is 60.4 Å². The number of carbonyl (C=O) groups is 3. The van der Waals surface area contributed by atoms with Crippen LogP contribution in [0.4, 0.5) is 15.7 Å². The Kier molecular flexibility index (Phi) is 6.98. The third-order valence-corrected chi connectivity index (χ3v) is 5.72. The SMILES string of the molecule is CCN(C(=O)O)c1ccc(C(=O)C2=C(O)c3sc(NC(=O)CCOC)nc3CC2)cn1. The number of aryl methyl sites for hydroxylation is 1. The van der Waals surface area contributed by atoms with Gasteiger partial charge >= 0.3 is 6.09 Å². The molecule has 0 radical (unpaired) electrons. The van der Waals surface area contributed by atoms with Gasteiger partial charge in [0.15, 0.2) is 10.9 Å². The molecule has 0 saturated carbocycles. The molecule has 10 nitrogen and oxygen atoms in total. The van der Waals surface area contributed by atoms with Crippen molar-refractivity contribution in [2.24, 2.45) is 0 Å². The molecule has 0 saturated heterocycles. The molecule has 0 aromatic carbocycles. The second-order valence-corrected chi connectivity index (χ2v) is 7.67. The molecule has 11 heteroatoms. The van der Waals surface area contributed by atoms with Crippen molar-refractivity contribution in [2.75, 3.05) is 30.5 Å². The fraction of sp³-hybridized carbons (Fsp3) is 0.350. The van der Waals surface area contributed by atoms with Crippen molar-refractivity contribution in [3.05, 3.63) is 40.0 Å². The summed E-state index contributed by atoms with van der Waals surface area (Å²) in [6.45, 7) is 2.19. The zero-order valence-electron chi connectivity index (χ0n) is 17.0. The normalized spacial score (nSPS) is 13.0. The molecule has 2 heterocycles. The van der Waals surface area contributed by atoms with Crippen molar-refractivity contribution >= 4 is 45.8 Å². The first kappa shape index (κ1) is 22.4. The number of allylic oxidation sites excluding steroid dienone is 1. The minimum absolute atomic E-state index is 0.161. The van der Waals surface area contributed by atoms with Crippen LogP contribution in [0, 0.1) is 0 Å². The highest BCUT2D eigenvalue weighted by Gasteiger charge is 2.28. The maximum absolute atomic E-state index is 12.9. The van der Waals surface area contributed by atoms with E-state index in [4.69, 9.17) is 4.74 Å². The Bertz CT molecular complexity index is 1030. The Balaban J connectivity index is 1.80. The van der Waals surface area contributed by atoms with E-state index in [0.717, 1.165) is 16.2 Å². The summed E-state index contributed by atoms with van der Waals surface area (Å²) in [5, 5.41) is 22.9. The molecular weight excluding hydrogens is 424 g/mol. The first-order valence-corrected chi connectivity index (χ1v) is 10.4. The van der Waals surface area contributed by atoms with Gasteiger partial charge in [0.05, 0.1) is 23.6 Å². The Hall–Kier alpha value is -3.31. The van der Waals surface area contributed by atoms with E-state index in [1.165, 1.54) is 25.4 Å². The third-order valence-electron chi connectivity index (χ3n) is 4.70. The van der Waals surface area contributed by atoms with E-state index in [1.54, 1.807) is 6.92 Å². The average Bonchev–Trinajstić information content (AvgIpc) is 3.16. The van der Waals surface area contributed by atoms with Crippen molar-refractivity contribution in [1.82, 2.24) is 9.97 Å². The van der Waals surface area contributed by atoms with E-state index in [1.807, 2.05) is 0 Å². The van der Waals surface area contributed by atoms with Gasteiger partial charge in [-0.05, 0) is 31.9 Å². The van der Waals surface area contributed by atoms with Gasteiger partial charge < -0.3 is 20.3 Å². The van der Waals surface area contributed by atoms with Gasteiger partial charge in [0.25, 0.3) is 0 Å². The van der Waals surface area contributed by atoms with Crippen molar-refractivity contribution in [3.63, 3.8) is 0 Å². The molecule has 0 fully saturated rings. The summed E-state index contributed by atoms with van der Waals surface area (Å²) in [6.07, 6.45) is 1.08. The van der Waals surface area contributed by atoms with Crippen LogP contribution in [0.5, 0.6) is 0 Å². The molecule has 2 aromatic rings. The summed E-state index contributed by atoms with van der Waals surface area (Å²) in [7, 11) is 1.51. The van der Waals surface area contributed by atoms with E-state index in [0.29, 0.717) is 22.1 Å². The Labute approximate surface area is 182 Å². The number of carboxylic acid groups (broad SMARTS) is 1. The number of aliphatic hydroxyl groups excluding tert-OH is 1. The van der Waals surface area contributed by atoms with Gasteiger partial charge in [-0.15, -0.1) is 0 Å². The van der Waals surface area contributed by atoms with E-state index in [9.17, 15) is 24.6 Å². The summed E-state index contributed by atoms with van der Waals surface area (Å²) in [4.78, 5) is 45.9. The van der Waals surface area contributed by atoms with Crippen LogP contribution in [-0.4, -0.2) is 58.2 Å². The summed E-state index contributed by atoms with van der Waals surface area (Å²) < 4.78 is 4.87. The minimum Gasteiger partial charge on any atom is -0.506 e. The number of Topliss-reactive ketones (excluding diaryl/α,β-unsaturated/α-hetero) is 1. The number of amides is 2. The zero-order chi connectivity index (χ0) is 22.5. The molecule has 3 rings (SSSR count). The molecule has 2 aromatic heterocycles. The minimum atomic E-state index is -1.13.